The van der Waals surface area contributed by atoms with Crippen molar-refractivity contribution in [3.05, 3.63) is 59.7 Å². The van der Waals surface area contributed by atoms with Gasteiger partial charge in [0.15, 0.2) is 0 Å². The molecule has 3 rings (SSSR count). The molecule has 1 aromatic carbocycles. The minimum Gasteiger partial charge on any atom is -0.412 e. The SMILES string of the molecule is C=C1C[C@@H](CCc2ccc(CC3CC3/C=C\C)cc2)N(COC(C)(C)C)C1=O.O. The first kappa shape index (κ1) is 23.4. The van der Waals surface area contributed by atoms with Crippen LogP contribution >= 0.6 is 0 Å². The Kier molecular flexibility index (Phi) is 7.84. The summed E-state index contributed by atoms with van der Waals surface area (Å²) in [6.45, 7) is 12.4. The number of likely N-dealkylation sites (tertiary alicyclic amines) is 1. The van der Waals surface area contributed by atoms with E-state index in [-0.39, 0.29) is 23.0 Å². The number of hydrogen-bond donors (Lipinski definition) is 0. The van der Waals surface area contributed by atoms with Crippen molar-refractivity contribution >= 4 is 5.91 Å². The van der Waals surface area contributed by atoms with Crippen LogP contribution in [0.3, 0.4) is 0 Å². The first-order valence-corrected chi connectivity index (χ1v) is 10.6. The number of hydrogen-bond acceptors (Lipinski definition) is 2. The number of rotatable bonds is 8. The molecule has 2 unspecified atom stereocenters. The third kappa shape index (κ3) is 6.55. The molecule has 1 aliphatic heterocycles. The number of aryl methyl sites for hydroxylation is 1. The van der Waals surface area contributed by atoms with E-state index in [2.05, 4.69) is 49.9 Å². The predicted octanol–water partition coefficient (Wildman–Crippen LogP) is 4.48. The summed E-state index contributed by atoms with van der Waals surface area (Å²) >= 11 is 0. The Morgan fingerprint density at radius 1 is 1.21 bits per heavy atom. The van der Waals surface area contributed by atoms with Crippen LogP contribution in [0.25, 0.3) is 0 Å². The lowest BCUT2D eigenvalue weighted by molar-refractivity contribution is -0.138. The van der Waals surface area contributed by atoms with Gasteiger partial charge in [-0.3, -0.25) is 4.79 Å². The van der Waals surface area contributed by atoms with E-state index in [1.807, 2.05) is 25.7 Å². The number of benzene rings is 1. The van der Waals surface area contributed by atoms with Crippen LogP contribution in [0.4, 0.5) is 0 Å². The van der Waals surface area contributed by atoms with Gasteiger partial charge in [-0.1, -0.05) is 43.0 Å². The van der Waals surface area contributed by atoms with Gasteiger partial charge in [-0.15, -0.1) is 0 Å². The summed E-state index contributed by atoms with van der Waals surface area (Å²) in [6, 6.07) is 9.25. The summed E-state index contributed by atoms with van der Waals surface area (Å²) < 4.78 is 5.86. The molecule has 1 saturated carbocycles. The number of nitrogens with zero attached hydrogens (tertiary/aromatic N) is 1. The Labute approximate surface area is 175 Å². The van der Waals surface area contributed by atoms with Crippen LogP contribution in [0.5, 0.6) is 0 Å². The lowest BCUT2D eigenvalue weighted by atomic mass is 10.00. The Morgan fingerprint density at radius 3 is 2.48 bits per heavy atom. The number of allylic oxidation sites excluding steroid dienone is 2. The molecule has 0 radical (unpaired) electrons. The van der Waals surface area contributed by atoms with E-state index in [1.54, 1.807) is 0 Å². The maximum Gasteiger partial charge on any atom is 0.251 e. The van der Waals surface area contributed by atoms with Crippen LogP contribution < -0.4 is 0 Å². The number of carbonyl (C=O) groups excluding carboxylic acids is 1. The van der Waals surface area contributed by atoms with Crippen LogP contribution in [0.15, 0.2) is 48.6 Å². The summed E-state index contributed by atoms with van der Waals surface area (Å²) in [5, 5.41) is 0. The molecule has 160 valence electrons. The summed E-state index contributed by atoms with van der Waals surface area (Å²) in [4.78, 5) is 14.3. The van der Waals surface area contributed by atoms with Crippen molar-refractivity contribution in [3.63, 3.8) is 0 Å². The van der Waals surface area contributed by atoms with Gasteiger partial charge in [0.25, 0.3) is 5.91 Å². The molecule has 0 bridgehead atoms. The quantitative estimate of drug-likeness (QED) is 0.478. The fraction of sp³-hybridized carbons (Fsp3) is 0.560. The molecule has 1 aliphatic carbocycles. The number of amides is 1. The minimum absolute atomic E-state index is 0. The molecular formula is C25H37NO3. The van der Waals surface area contributed by atoms with E-state index in [9.17, 15) is 4.79 Å². The monoisotopic (exact) mass is 399 g/mol. The van der Waals surface area contributed by atoms with Crippen molar-refractivity contribution in [2.24, 2.45) is 11.8 Å². The first-order valence-electron chi connectivity index (χ1n) is 10.6. The lowest BCUT2D eigenvalue weighted by Crippen LogP contribution is -2.38. The van der Waals surface area contributed by atoms with Crippen molar-refractivity contribution in [1.29, 1.82) is 0 Å². The topological polar surface area (TPSA) is 61.0 Å². The standard InChI is InChI=1S/C25H35NO2.H2O/c1-6-7-21-16-22(21)15-20-10-8-19(9-11-20)12-13-23-14-18(2)24(27)26(23)17-28-25(3,4)5;/h6-11,21-23H,2,12-17H2,1,3-5H3;1H2/b7-6-;/t21?,22?,23-;/m1./s1. The molecular weight excluding hydrogens is 362 g/mol. The third-order valence-corrected chi connectivity index (χ3v) is 5.83. The second-order valence-corrected chi connectivity index (χ2v) is 9.37. The van der Waals surface area contributed by atoms with Gasteiger partial charge in [-0.05, 0) is 82.8 Å². The zero-order valence-electron chi connectivity index (χ0n) is 18.4. The van der Waals surface area contributed by atoms with Crippen molar-refractivity contribution in [2.75, 3.05) is 6.73 Å². The van der Waals surface area contributed by atoms with Crippen molar-refractivity contribution in [3.8, 4) is 0 Å². The summed E-state index contributed by atoms with van der Waals surface area (Å²) in [7, 11) is 0. The average Bonchev–Trinajstić information content (AvgIpc) is 3.30. The molecule has 3 atom stereocenters. The number of ether oxygens (including phenoxy) is 1. The van der Waals surface area contributed by atoms with Gasteiger partial charge >= 0.3 is 0 Å². The third-order valence-electron chi connectivity index (χ3n) is 5.83. The molecule has 29 heavy (non-hydrogen) atoms. The van der Waals surface area contributed by atoms with Gasteiger partial charge < -0.3 is 15.1 Å². The van der Waals surface area contributed by atoms with Crippen LogP contribution in [-0.2, 0) is 22.4 Å². The zero-order valence-corrected chi connectivity index (χ0v) is 18.4. The molecule has 2 fully saturated rings. The molecule has 4 nitrogen and oxygen atoms in total. The molecule has 1 aromatic rings. The van der Waals surface area contributed by atoms with Crippen molar-refractivity contribution < 1.29 is 15.0 Å². The van der Waals surface area contributed by atoms with Crippen LogP contribution in [-0.4, -0.2) is 34.7 Å². The van der Waals surface area contributed by atoms with Gasteiger partial charge in [0.05, 0.1) is 5.60 Å². The van der Waals surface area contributed by atoms with Crippen molar-refractivity contribution in [1.82, 2.24) is 4.90 Å². The second-order valence-electron chi connectivity index (χ2n) is 9.37. The highest BCUT2D eigenvalue weighted by atomic mass is 16.5. The fourth-order valence-corrected chi connectivity index (χ4v) is 4.00. The summed E-state index contributed by atoms with van der Waals surface area (Å²) in [5.74, 6) is 1.66. The smallest absolute Gasteiger partial charge is 0.251 e. The van der Waals surface area contributed by atoms with Gasteiger partial charge in [0, 0.05) is 11.6 Å². The molecule has 0 spiro atoms. The van der Waals surface area contributed by atoms with Crippen LogP contribution in [0.1, 0.15) is 58.1 Å². The Balaban J connectivity index is 0.00000300. The highest BCUT2D eigenvalue weighted by molar-refractivity contribution is 5.95. The lowest BCUT2D eigenvalue weighted by Gasteiger charge is -2.28. The average molecular weight is 400 g/mol. The van der Waals surface area contributed by atoms with Gasteiger partial charge in [0.1, 0.15) is 6.73 Å². The van der Waals surface area contributed by atoms with Crippen LogP contribution in [0, 0.1) is 11.8 Å². The molecule has 1 saturated heterocycles. The molecule has 2 aliphatic rings. The second kappa shape index (κ2) is 9.73. The van der Waals surface area contributed by atoms with E-state index >= 15 is 0 Å². The summed E-state index contributed by atoms with van der Waals surface area (Å²) in [5.41, 5.74) is 3.23. The molecule has 1 heterocycles. The number of carbonyl (C=O) groups is 1. The Morgan fingerprint density at radius 2 is 1.86 bits per heavy atom. The highest BCUT2D eigenvalue weighted by Gasteiger charge is 2.35. The van der Waals surface area contributed by atoms with Crippen molar-refractivity contribution in [2.45, 2.75) is 71.4 Å². The maximum absolute atomic E-state index is 12.4. The largest absolute Gasteiger partial charge is 0.412 e. The van der Waals surface area contributed by atoms with Gasteiger partial charge in [-0.2, -0.15) is 0 Å². The zero-order chi connectivity index (χ0) is 20.3. The summed E-state index contributed by atoms with van der Waals surface area (Å²) in [6.07, 6.45) is 9.70. The fourth-order valence-electron chi connectivity index (χ4n) is 4.00. The molecule has 1 amide bonds. The predicted molar refractivity (Wildman–Crippen MR) is 119 cm³/mol. The van der Waals surface area contributed by atoms with E-state index in [1.165, 1.54) is 24.0 Å². The molecule has 4 heteroatoms. The van der Waals surface area contributed by atoms with Gasteiger partial charge in [0.2, 0.25) is 0 Å². The maximum atomic E-state index is 12.4. The van der Waals surface area contributed by atoms with E-state index in [4.69, 9.17) is 4.74 Å². The van der Waals surface area contributed by atoms with E-state index in [0.717, 1.165) is 31.1 Å². The van der Waals surface area contributed by atoms with E-state index < -0.39 is 0 Å². The van der Waals surface area contributed by atoms with Gasteiger partial charge in [-0.25, -0.2) is 0 Å². The first-order chi connectivity index (χ1) is 13.3. The van der Waals surface area contributed by atoms with Crippen LogP contribution in [0.2, 0.25) is 0 Å². The Bertz CT molecular complexity index is 729. The normalized spacial score (nSPS) is 24.3. The van der Waals surface area contributed by atoms with E-state index in [0.29, 0.717) is 12.3 Å². The molecule has 2 N–H and O–H groups in total. The minimum atomic E-state index is -0.252. The Hall–Kier alpha value is -1.91. The molecule has 0 aromatic heterocycles. The highest BCUT2D eigenvalue weighted by Crippen LogP contribution is 2.42.